The number of nitrogens with zero attached hydrogens (tertiary/aromatic N) is 5. The number of halogens is 3. The van der Waals surface area contributed by atoms with E-state index in [0.717, 1.165) is 30.3 Å². The highest BCUT2D eigenvalue weighted by Gasteiger charge is 2.34. The molecule has 0 atom stereocenters. The van der Waals surface area contributed by atoms with E-state index in [9.17, 15) is 18.0 Å². The maximum Gasteiger partial charge on any atom is 0.416 e. The summed E-state index contributed by atoms with van der Waals surface area (Å²) in [6, 6.07) is 14.2. The van der Waals surface area contributed by atoms with Gasteiger partial charge in [-0.2, -0.15) is 18.2 Å². The van der Waals surface area contributed by atoms with Crippen LogP contribution in [0.4, 0.5) is 18.9 Å². The molecule has 12 heteroatoms. The molecule has 5 aromatic rings. The van der Waals surface area contributed by atoms with Crippen molar-refractivity contribution in [3.63, 3.8) is 0 Å². The molecule has 1 aliphatic rings. The molecule has 1 saturated heterocycles. The Morgan fingerprint density at radius 2 is 1.77 bits per heavy atom. The normalized spacial score (nSPS) is 14.6. The number of benzene rings is 2. The van der Waals surface area contributed by atoms with Gasteiger partial charge in [0.15, 0.2) is 5.82 Å². The molecule has 0 spiro atoms. The fourth-order valence-corrected chi connectivity index (χ4v) is 5.08. The Hall–Kier alpha value is -4.81. The predicted octanol–water partition coefficient (Wildman–Crippen LogP) is 6.14. The average Bonchev–Trinajstić information content (AvgIpc) is 3.49. The maximum absolute atomic E-state index is 14.1. The minimum absolute atomic E-state index is 0.0541. The number of carbonyl (C=O) groups is 1. The number of amides is 1. The molecule has 4 heterocycles. The fraction of sp³-hybridized carbons (Fsp3) is 0.250. The van der Waals surface area contributed by atoms with Crippen LogP contribution in [0.2, 0.25) is 0 Å². The smallest absolute Gasteiger partial charge is 0.416 e. The summed E-state index contributed by atoms with van der Waals surface area (Å²) < 4.78 is 48.4. The van der Waals surface area contributed by atoms with E-state index in [1.807, 2.05) is 18.9 Å². The Labute approximate surface area is 251 Å². The van der Waals surface area contributed by atoms with Crippen molar-refractivity contribution < 1.29 is 22.7 Å². The summed E-state index contributed by atoms with van der Waals surface area (Å²) in [6.45, 7) is 5.00. The topological polar surface area (TPSA) is 99.3 Å². The van der Waals surface area contributed by atoms with Crippen molar-refractivity contribution in [2.45, 2.75) is 19.6 Å². The number of likely N-dealkylation sites (N-methyl/N-ethyl adjacent to an activating group) is 1. The standard InChI is InChI=1S/C32H30F3N7O2/c1-20-3-4-22(17-27(20)44-31-28-26(9-12-37-28)39-29(40-31)21-7-10-36-11-8-21)30(43)38-24-6-5-23(25(18-24)32(33,34)35)19-42-15-13-41(2)14-16-42/h3-12,17-18,37H,13-16,19H2,1-2H3,(H,38,43). The number of H-pyrrole nitrogens is 1. The number of pyridine rings is 1. The Kier molecular flexibility index (Phi) is 8.02. The van der Waals surface area contributed by atoms with E-state index in [4.69, 9.17) is 4.74 Å². The van der Waals surface area contributed by atoms with Crippen LogP contribution in [0.3, 0.4) is 0 Å². The Balaban J connectivity index is 1.24. The van der Waals surface area contributed by atoms with Gasteiger partial charge in [0.2, 0.25) is 5.88 Å². The number of carbonyl (C=O) groups excluding carboxylic acids is 1. The number of nitrogens with one attached hydrogen (secondary N) is 2. The Morgan fingerprint density at radius 1 is 1.00 bits per heavy atom. The SMILES string of the molecule is Cc1ccc(C(=O)Nc2ccc(CN3CCN(C)CC3)c(C(F)(F)F)c2)cc1Oc1nc(-c2ccncc2)nc2cc[nH]c12. The molecule has 0 radical (unpaired) electrons. The molecule has 6 rings (SSSR count). The van der Waals surface area contributed by atoms with E-state index in [-0.39, 0.29) is 29.2 Å². The third-order valence-corrected chi connectivity index (χ3v) is 7.63. The second-order valence-corrected chi connectivity index (χ2v) is 10.8. The summed E-state index contributed by atoms with van der Waals surface area (Å²) in [4.78, 5) is 33.7. The Morgan fingerprint density at radius 3 is 2.52 bits per heavy atom. The van der Waals surface area contributed by atoms with Gasteiger partial charge in [-0.25, -0.2) is 4.98 Å². The molecular weight excluding hydrogens is 571 g/mol. The first-order valence-electron chi connectivity index (χ1n) is 14.1. The van der Waals surface area contributed by atoms with Crippen molar-refractivity contribution in [3.8, 4) is 23.0 Å². The molecule has 0 saturated carbocycles. The Bertz CT molecular complexity index is 1800. The van der Waals surface area contributed by atoms with Gasteiger partial charge in [0.1, 0.15) is 11.3 Å². The van der Waals surface area contributed by atoms with E-state index >= 15 is 0 Å². The number of hydrogen-bond acceptors (Lipinski definition) is 7. The van der Waals surface area contributed by atoms with Gasteiger partial charge < -0.3 is 19.9 Å². The molecule has 226 valence electrons. The highest BCUT2D eigenvalue weighted by molar-refractivity contribution is 6.04. The van der Waals surface area contributed by atoms with E-state index in [0.29, 0.717) is 35.7 Å². The van der Waals surface area contributed by atoms with Crippen LogP contribution in [0, 0.1) is 6.92 Å². The van der Waals surface area contributed by atoms with Crippen molar-refractivity contribution in [1.29, 1.82) is 0 Å². The number of fused-ring (bicyclic) bond motifs is 1. The summed E-state index contributed by atoms with van der Waals surface area (Å²) in [6.07, 6.45) is 0.450. The lowest BCUT2D eigenvalue weighted by Crippen LogP contribution is -2.44. The summed E-state index contributed by atoms with van der Waals surface area (Å²) in [5.41, 5.74) is 2.40. The molecular formula is C32H30F3N7O2. The molecule has 2 aromatic carbocycles. The minimum Gasteiger partial charge on any atom is -0.437 e. The molecule has 0 aliphatic carbocycles. The molecule has 44 heavy (non-hydrogen) atoms. The van der Waals surface area contributed by atoms with Gasteiger partial charge >= 0.3 is 6.18 Å². The summed E-state index contributed by atoms with van der Waals surface area (Å²) in [5.74, 6) is 0.502. The number of ether oxygens (including phenoxy) is 1. The van der Waals surface area contributed by atoms with Crippen molar-refractivity contribution in [3.05, 3.63) is 95.4 Å². The van der Waals surface area contributed by atoms with Gasteiger partial charge in [-0.3, -0.25) is 14.7 Å². The van der Waals surface area contributed by atoms with E-state index < -0.39 is 17.6 Å². The number of anilines is 1. The lowest BCUT2D eigenvalue weighted by atomic mass is 10.0. The first-order valence-corrected chi connectivity index (χ1v) is 14.1. The molecule has 1 fully saturated rings. The van der Waals surface area contributed by atoms with Gasteiger partial charge in [0.05, 0.1) is 11.1 Å². The second-order valence-electron chi connectivity index (χ2n) is 10.8. The summed E-state index contributed by atoms with van der Waals surface area (Å²) in [5, 5.41) is 2.62. The number of hydrogen-bond donors (Lipinski definition) is 2. The largest absolute Gasteiger partial charge is 0.437 e. The molecule has 9 nitrogen and oxygen atoms in total. The van der Waals surface area contributed by atoms with E-state index in [1.54, 1.807) is 55.0 Å². The monoisotopic (exact) mass is 601 g/mol. The highest BCUT2D eigenvalue weighted by Crippen LogP contribution is 2.35. The first-order chi connectivity index (χ1) is 21.1. The maximum atomic E-state index is 14.1. The molecule has 0 bridgehead atoms. The summed E-state index contributed by atoms with van der Waals surface area (Å²) >= 11 is 0. The lowest BCUT2D eigenvalue weighted by molar-refractivity contribution is -0.138. The van der Waals surface area contributed by atoms with Crippen LogP contribution in [-0.2, 0) is 12.7 Å². The zero-order valence-electron chi connectivity index (χ0n) is 24.2. The zero-order chi connectivity index (χ0) is 30.8. The fourth-order valence-electron chi connectivity index (χ4n) is 5.08. The number of aryl methyl sites for hydroxylation is 1. The van der Waals surface area contributed by atoms with Crippen LogP contribution < -0.4 is 10.1 Å². The zero-order valence-corrected chi connectivity index (χ0v) is 24.2. The number of aromatic nitrogens is 4. The molecule has 2 N–H and O–H groups in total. The lowest BCUT2D eigenvalue weighted by Gasteiger charge is -2.33. The van der Waals surface area contributed by atoms with Crippen LogP contribution in [0.15, 0.2) is 73.2 Å². The van der Waals surface area contributed by atoms with E-state index in [1.165, 1.54) is 12.1 Å². The van der Waals surface area contributed by atoms with E-state index in [2.05, 4.69) is 30.2 Å². The van der Waals surface area contributed by atoms with Crippen LogP contribution in [0.5, 0.6) is 11.6 Å². The third kappa shape index (κ3) is 6.41. The van der Waals surface area contributed by atoms with Crippen molar-refractivity contribution in [2.24, 2.45) is 0 Å². The quantitative estimate of drug-likeness (QED) is 0.231. The van der Waals surface area contributed by atoms with Crippen molar-refractivity contribution in [2.75, 3.05) is 38.5 Å². The predicted molar refractivity (Wildman–Crippen MR) is 161 cm³/mol. The number of piperazine rings is 1. The number of alkyl halides is 3. The van der Waals surface area contributed by atoms with Crippen LogP contribution >= 0.6 is 0 Å². The second kappa shape index (κ2) is 12.1. The number of rotatable bonds is 7. The highest BCUT2D eigenvalue weighted by atomic mass is 19.4. The van der Waals surface area contributed by atoms with Gasteiger partial charge in [-0.1, -0.05) is 12.1 Å². The summed E-state index contributed by atoms with van der Waals surface area (Å²) in [7, 11) is 2.00. The van der Waals surface area contributed by atoms with Crippen molar-refractivity contribution in [1.82, 2.24) is 29.7 Å². The minimum atomic E-state index is -4.57. The first kappa shape index (κ1) is 29.3. The van der Waals surface area contributed by atoms with Gasteiger partial charge in [-0.15, -0.1) is 0 Å². The van der Waals surface area contributed by atoms with Crippen LogP contribution in [-0.4, -0.2) is 68.9 Å². The van der Waals surface area contributed by atoms with Gasteiger partial charge in [-0.05, 0) is 67.6 Å². The molecule has 1 amide bonds. The molecule has 3 aromatic heterocycles. The van der Waals surface area contributed by atoms with Crippen LogP contribution in [0.1, 0.15) is 27.0 Å². The number of aromatic amines is 1. The molecule has 1 aliphatic heterocycles. The van der Waals surface area contributed by atoms with Gasteiger partial charge in [0, 0.05) is 68.1 Å². The van der Waals surface area contributed by atoms with Crippen LogP contribution in [0.25, 0.3) is 22.4 Å². The average molecular weight is 602 g/mol. The van der Waals surface area contributed by atoms with Crippen molar-refractivity contribution >= 4 is 22.6 Å². The third-order valence-electron chi connectivity index (χ3n) is 7.63. The molecule has 0 unspecified atom stereocenters. The van der Waals surface area contributed by atoms with Gasteiger partial charge in [0.25, 0.3) is 5.91 Å².